The molecule has 0 aliphatic rings. The van der Waals surface area contributed by atoms with Crippen molar-refractivity contribution < 1.29 is 17.2 Å². The van der Waals surface area contributed by atoms with Gasteiger partial charge in [0.15, 0.2) is 5.13 Å². The highest BCUT2D eigenvalue weighted by molar-refractivity contribution is 7.93. The molecule has 0 unspecified atom stereocenters. The van der Waals surface area contributed by atoms with Gasteiger partial charge in [0, 0.05) is 22.2 Å². The fraction of sp³-hybridized carbons (Fsp3) is 0.0588. The maximum atomic E-state index is 14.6. The summed E-state index contributed by atoms with van der Waals surface area (Å²) in [4.78, 5) is 2.87. The second-order valence-corrected chi connectivity index (χ2v) is 8.34. The third kappa shape index (κ3) is 4.08. The van der Waals surface area contributed by atoms with Crippen molar-refractivity contribution in [3.63, 3.8) is 0 Å². The standard InChI is InChI=1S/C17H10ClF2N3O2S2/c18-11-3-1-10(2-4-11)13(9-21)12-7-15(20)16(8-14(12)19)27(24,25)23-17-22-5-6-26-17/h1-8,13H,(H,22,23)/t13-/m0/s1. The van der Waals surface area contributed by atoms with E-state index in [1.54, 1.807) is 0 Å². The van der Waals surface area contributed by atoms with E-state index in [1.165, 1.54) is 35.8 Å². The molecule has 138 valence electrons. The Kier molecular flexibility index (Phi) is 5.41. The van der Waals surface area contributed by atoms with E-state index in [9.17, 15) is 22.5 Å². The van der Waals surface area contributed by atoms with Crippen LogP contribution in [-0.2, 0) is 10.0 Å². The Morgan fingerprint density at radius 2 is 1.89 bits per heavy atom. The van der Waals surface area contributed by atoms with Crippen LogP contribution < -0.4 is 4.72 Å². The van der Waals surface area contributed by atoms with Crippen molar-refractivity contribution in [1.29, 1.82) is 5.26 Å². The van der Waals surface area contributed by atoms with Gasteiger partial charge in [0.05, 0.1) is 12.0 Å². The third-order valence-corrected chi connectivity index (χ3v) is 6.06. The molecule has 0 spiro atoms. The number of anilines is 1. The van der Waals surface area contributed by atoms with E-state index in [1.807, 2.05) is 6.07 Å². The van der Waals surface area contributed by atoms with E-state index in [-0.39, 0.29) is 10.7 Å². The number of nitriles is 1. The number of hydrogen-bond donors (Lipinski definition) is 1. The van der Waals surface area contributed by atoms with Crippen LogP contribution in [0.15, 0.2) is 52.9 Å². The SMILES string of the molecule is N#C[C@@H](c1ccc(Cl)cc1)c1cc(F)c(S(=O)(=O)Nc2nccs2)cc1F. The number of nitrogens with one attached hydrogen (secondary N) is 1. The molecule has 0 fully saturated rings. The molecule has 5 nitrogen and oxygen atoms in total. The Morgan fingerprint density at radius 3 is 2.48 bits per heavy atom. The molecule has 0 aliphatic carbocycles. The van der Waals surface area contributed by atoms with Crippen LogP contribution in [0.3, 0.4) is 0 Å². The lowest BCUT2D eigenvalue weighted by molar-refractivity contribution is 0.547. The maximum absolute atomic E-state index is 14.6. The predicted molar refractivity (Wildman–Crippen MR) is 98.2 cm³/mol. The summed E-state index contributed by atoms with van der Waals surface area (Å²) in [6, 6.07) is 9.24. The molecule has 3 rings (SSSR count). The Balaban J connectivity index is 2.02. The molecule has 27 heavy (non-hydrogen) atoms. The molecule has 3 aromatic rings. The number of hydrogen-bond acceptors (Lipinski definition) is 5. The number of aromatic nitrogens is 1. The van der Waals surface area contributed by atoms with Gasteiger partial charge < -0.3 is 0 Å². The average Bonchev–Trinajstić information content (AvgIpc) is 3.12. The average molecular weight is 426 g/mol. The van der Waals surface area contributed by atoms with Gasteiger partial charge in [-0.05, 0) is 29.8 Å². The van der Waals surface area contributed by atoms with Crippen LogP contribution in [0.1, 0.15) is 17.0 Å². The lowest BCUT2D eigenvalue weighted by Crippen LogP contribution is -2.16. The quantitative estimate of drug-likeness (QED) is 0.651. The molecule has 0 radical (unpaired) electrons. The van der Waals surface area contributed by atoms with Crippen LogP contribution in [0.25, 0.3) is 0 Å². The van der Waals surface area contributed by atoms with Crippen molar-refractivity contribution in [2.24, 2.45) is 0 Å². The van der Waals surface area contributed by atoms with Gasteiger partial charge in [-0.2, -0.15) is 5.26 Å². The third-order valence-electron chi connectivity index (χ3n) is 3.64. The van der Waals surface area contributed by atoms with Gasteiger partial charge in [-0.3, -0.25) is 4.72 Å². The fourth-order valence-electron chi connectivity index (χ4n) is 2.39. The molecule has 1 aromatic heterocycles. The van der Waals surface area contributed by atoms with Gasteiger partial charge in [0.1, 0.15) is 16.5 Å². The number of sulfonamides is 1. The second-order valence-electron chi connectivity index (χ2n) is 5.36. The molecule has 10 heteroatoms. The van der Waals surface area contributed by atoms with Crippen LogP contribution in [-0.4, -0.2) is 13.4 Å². The van der Waals surface area contributed by atoms with Gasteiger partial charge in [0.25, 0.3) is 10.0 Å². The molecule has 0 aliphatic heterocycles. The Labute approximate surface area is 162 Å². The Bertz CT molecular complexity index is 1110. The maximum Gasteiger partial charge on any atom is 0.266 e. The number of halogens is 3. The summed E-state index contributed by atoms with van der Waals surface area (Å²) < 4.78 is 55.8. The van der Waals surface area contributed by atoms with Crippen LogP contribution in [0.5, 0.6) is 0 Å². The van der Waals surface area contributed by atoms with E-state index in [0.29, 0.717) is 22.7 Å². The van der Waals surface area contributed by atoms with Crippen LogP contribution in [0, 0.1) is 23.0 Å². The lowest BCUT2D eigenvalue weighted by Gasteiger charge is -2.14. The van der Waals surface area contributed by atoms with Crippen molar-refractivity contribution in [1.82, 2.24) is 4.98 Å². The summed E-state index contributed by atoms with van der Waals surface area (Å²) >= 11 is 6.79. The minimum absolute atomic E-state index is 0.0231. The molecular weight excluding hydrogens is 416 g/mol. The Hall–Kier alpha value is -2.54. The molecule has 2 aromatic carbocycles. The van der Waals surface area contributed by atoms with Crippen molar-refractivity contribution >= 4 is 38.1 Å². The second kappa shape index (κ2) is 7.60. The zero-order valence-electron chi connectivity index (χ0n) is 13.4. The molecular formula is C17H10ClF2N3O2S2. The first-order valence-corrected chi connectivity index (χ1v) is 10.1. The Morgan fingerprint density at radius 1 is 1.19 bits per heavy atom. The zero-order chi connectivity index (χ0) is 19.6. The number of nitrogens with zero attached hydrogens (tertiary/aromatic N) is 2. The molecule has 0 amide bonds. The lowest BCUT2D eigenvalue weighted by atomic mass is 9.92. The monoisotopic (exact) mass is 425 g/mol. The summed E-state index contributed by atoms with van der Waals surface area (Å²) in [5.41, 5.74) is 0.127. The number of rotatable bonds is 5. The van der Waals surface area contributed by atoms with E-state index in [0.717, 1.165) is 11.3 Å². The first-order chi connectivity index (χ1) is 12.8. The zero-order valence-corrected chi connectivity index (χ0v) is 15.7. The van der Waals surface area contributed by atoms with Crippen LogP contribution in [0.4, 0.5) is 13.9 Å². The summed E-state index contributed by atoms with van der Waals surface area (Å²) in [7, 11) is -4.37. The topological polar surface area (TPSA) is 82.8 Å². The normalized spacial score (nSPS) is 12.4. The van der Waals surface area contributed by atoms with E-state index >= 15 is 0 Å². The van der Waals surface area contributed by atoms with E-state index in [2.05, 4.69) is 9.71 Å². The summed E-state index contributed by atoms with van der Waals surface area (Å²) in [5, 5.41) is 11.4. The molecule has 1 N–H and O–H groups in total. The molecule has 1 atom stereocenters. The van der Waals surface area contributed by atoms with Gasteiger partial charge in [-0.1, -0.05) is 23.7 Å². The summed E-state index contributed by atoms with van der Waals surface area (Å²) in [5.74, 6) is -3.32. The van der Waals surface area contributed by atoms with Crippen LogP contribution in [0.2, 0.25) is 5.02 Å². The molecule has 0 saturated heterocycles. The molecule has 0 saturated carbocycles. The van der Waals surface area contributed by atoms with E-state index in [4.69, 9.17) is 11.6 Å². The predicted octanol–water partition coefficient (Wildman–Crippen LogP) is 4.53. The van der Waals surface area contributed by atoms with Gasteiger partial charge in [-0.25, -0.2) is 22.2 Å². The highest BCUT2D eigenvalue weighted by Gasteiger charge is 2.26. The van der Waals surface area contributed by atoms with Crippen molar-refractivity contribution in [3.05, 3.63) is 75.8 Å². The number of thiazole rings is 1. The van der Waals surface area contributed by atoms with Gasteiger partial charge >= 0.3 is 0 Å². The van der Waals surface area contributed by atoms with E-state index < -0.39 is 32.5 Å². The van der Waals surface area contributed by atoms with Gasteiger partial charge in [-0.15, -0.1) is 11.3 Å². The first kappa shape index (κ1) is 19.2. The van der Waals surface area contributed by atoms with Crippen molar-refractivity contribution in [3.8, 4) is 6.07 Å². The first-order valence-electron chi connectivity index (χ1n) is 7.38. The van der Waals surface area contributed by atoms with Crippen molar-refractivity contribution in [2.75, 3.05) is 4.72 Å². The summed E-state index contributed by atoms with van der Waals surface area (Å²) in [6.07, 6.45) is 1.37. The smallest absolute Gasteiger partial charge is 0.255 e. The molecule has 0 bridgehead atoms. The minimum Gasteiger partial charge on any atom is -0.255 e. The largest absolute Gasteiger partial charge is 0.266 e. The summed E-state index contributed by atoms with van der Waals surface area (Å²) in [6.45, 7) is 0. The highest BCUT2D eigenvalue weighted by Crippen LogP contribution is 2.31. The fourth-order valence-corrected chi connectivity index (χ4v) is 4.38. The number of benzene rings is 2. The minimum atomic E-state index is -4.37. The van der Waals surface area contributed by atoms with Gasteiger partial charge in [0.2, 0.25) is 0 Å². The van der Waals surface area contributed by atoms with Crippen LogP contribution >= 0.6 is 22.9 Å². The highest BCUT2D eigenvalue weighted by atomic mass is 35.5. The molecule has 1 heterocycles. The van der Waals surface area contributed by atoms with Crippen molar-refractivity contribution in [2.45, 2.75) is 10.8 Å².